The molecule has 2 aromatic rings. The van der Waals surface area contributed by atoms with Crippen molar-refractivity contribution in [2.75, 3.05) is 25.0 Å². The van der Waals surface area contributed by atoms with Crippen LogP contribution < -0.4 is 4.90 Å². The fraction of sp³-hybridized carbons (Fsp3) is 0.471. The number of rotatable bonds is 3. The maximum absolute atomic E-state index is 8.65. The summed E-state index contributed by atoms with van der Waals surface area (Å²) in [7, 11) is 2.15. The second kappa shape index (κ2) is 5.58. The highest BCUT2D eigenvalue weighted by molar-refractivity contribution is 5.87. The number of nitrogens with zero attached hydrogens (tertiary/aromatic N) is 5. The first-order chi connectivity index (χ1) is 11.3. The molecule has 118 valence electrons. The van der Waals surface area contributed by atoms with Crippen LogP contribution in [0.5, 0.6) is 0 Å². The van der Waals surface area contributed by atoms with E-state index < -0.39 is 0 Å². The van der Waals surface area contributed by atoms with Crippen molar-refractivity contribution in [3.05, 3.63) is 30.9 Å². The summed E-state index contributed by atoms with van der Waals surface area (Å²) in [6, 6.07) is 4.65. The molecule has 1 aliphatic heterocycles. The Bertz CT molecular complexity index is 759. The van der Waals surface area contributed by atoms with Gasteiger partial charge in [0.25, 0.3) is 0 Å². The zero-order valence-electron chi connectivity index (χ0n) is 13.2. The summed E-state index contributed by atoms with van der Waals surface area (Å²) in [6.07, 6.45) is 9.44. The van der Waals surface area contributed by atoms with E-state index in [0.29, 0.717) is 17.9 Å². The summed E-state index contributed by atoms with van der Waals surface area (Å²) >= 11 is 0. The molecular weight excluding hydrogens is 288 g/mol. The molecule has 0 unspecified atom stereocenters. The third-order valence-electron chi connectivity index (χ3n) is 5.33. The molecular formula is C17H20N6. The van der Waals surface area contributed by atoms with Gasteiger partial charge in [-0.25, -0.2) is 9.97 Å². The number of aromatic nitrogens is 3. The monoisotopic (exact) mass is 308 g/mol. The summed E-state index contributed by atoms with van der Waals surface area (Å²) in [6.45, 7) is 2.13. The molecule has 1 saturated carbocycles. The van der Waals surface area contributed by atoms with Gasteiger partial charge in [0.2, 0.25) is 0 Å². The predicted molar refractivity (Wildman–Crippen MR) is 88.6 cm³/mol. The molecule has 0 aromatic carbocycles. The van der Waals surface area contributed by atoms with Gasteiger partial charge in [-0.05, 0) is 30.7 Å². The van der Waals surface area contributed by atoms with Crippen molar-refractivity contribution in [1.82, 2.24) is 19.9 Å². The fourth-order valence-electron chi connectivity index (χ4n) is 4.19. The molecule has 3 atom stereocenters. The summed E-state index contributed by atoms with van der Waals surface area (Å²) < 4.78 is 0. The van der Waals surface area contributed by atoms with Crippen LogP contribution in [0.1, 0.15) is 12.8 Å². The number of hydrogen-bond acceptors (Lipinski definition) is 5. The van der Waals surface area contributed by atoms with E-state index in [4.69, 9.17) is 5.26 Å². The Morgan fingerprint density at radius 3 is 2.87 bits per heavy atom. The van der Waals surface area contributed by atoms with Gasteiger partial charge in [0.05, 0.1) is 11.5 Å². The van der Waals surface area contributed by atoms with Crippen LogP contribution in [0.2, 0.25) is 0 Å². The second-order valence-corrected chi connectivity index (χ2v) is 6.59. The molecule has 23 heavy (non-hydrogen) atoms. The minimum atomic E-state index is 0.528. The third kappa shape index (κ3) is 2.42. The summed E-state index contributed by atoms with van der Waals surface area (Å²) in [5, 5.41) is 9.74. The molecule has 0 bridgehead atoms. The van der Waals surface area contributed by atoms with Crippen LogP contribution in [0.25, 0.3) is 11.0 Å². The fourth-order valence-corrected chi connectivity index (χ4v) is 4.19. The van der Waals surface area contributed by atoms with E-state index in [1.54, 1.807) is 12.4 Å². The van der Waals surface area contributed by atoms with E-state index in [9.17, 15) is 0 Å². The van der Waals surface area contributed by atoms with Crippen molar-refractivity contribution in [1.29, 1.82) is 5.26 Å². The molecule has 2 aliphatic rings. The highest BCUT2D eigenvalue weighted by atomic mass is 15.2. The van der Waals surface area contributed by atoms with Gasteiger partial charge in [0.1, 0.15) is 17.8 Å². The SMILES string of the molecule is CN(c1ncnc2[nH]ccc12)[C@@H]1C[C@@H]2CN(C=CC#N)C[C@@H]2C1. The summed E-state index contributed by atoms with van der Waals surface area (Å²) in [5.74, 6) is 2.45. The van der Waals surface area contributed by atoms with Crippen LogP contribution in [-0.2, 0) is 0 Å². The van der Waals surface area contributed by atoms with Crippen molar-refractivity contribution in [3.8, 4) is 6.07 Å². The molecule has 1 N–H and O–H groups in total. The number of H-pyrrole nitrogens is 1. The van der Waals surface area contributed by atoms with Gasteiger partial charge in [0, 0.05) is 44.7 Å². The maximum atomic E-state index is 8.65. The molecule has 6 heteroatoms. The van der Waals surface area contributed by atoms with Crippen molar-refractivity contribution >= 4 is 16.9 Å². The summed E-state index contributed by atoms with van der Waals surface area (Å²) in [5.41, 5.74) is 0.896. The van der Waals surface area contributed by atoms with Crippen molar-refractivity contribution in [2.45, 2.75) is 18.9 Å². The molecule has 0 radical (unpaired) electrons. The van der Waals surface area contributed by atoms with E-state index in [0.717, 1.165) is 29.9 Å². The Morgan fingerprint density at radius 1 is 1.35 bits per heavy atom. The lowest BCUT2D eigenvalue weighted by molar-refractivity contribution is 0.408. The number of hydrogen-bond donors (Lipinski definition) is 1. The van der Waals surface area contributed by atoms with E-state index in [-0.39, 0.29) is 0 Å². The minimum Gasteiger partial charge on any atom is -0.376 e. The first kappa shape index (κ1) is 14.1. The lowest BCUT2D eigenvalue weighted by Crippen LogP contribution is -2.32. The predicted octanol–water partition coefficient (Wildman–Crippen LogP) is 2.14. The van der Waals surface area contributed by atoms with Gasteiger partial charge in [-0.3, -0.25) is 0 Å². The Labute approximate surface area is 135 Å². The van der Waals surface area contributed by atoms with E-state index >= 15 is 0 Å². The lowest BCUT2D eigenvalue weighted by atomic mass is 10.0. The Hall–Kier alpha value is -2.55. The number of nitriles is 1. The molecule has 1 aliphatic carbocycles. The number of allylic oxidation sites excluding steroid dienone is 1. The van der Waals surface area contributed by atoms with Crippen LogP contribution in [0, 0.1) is 23.2 Å². The van der Waals surface area contributed by atoms with Gasteiger partial charge in [0.15, 0.2) is 0 Å². The van der Waals surface area contributed by atoms with E-state index in [1.165, 1.54) is 12.8 Å². The standard InChI is InChI=1S/C17H20N6/c1-22(17-15-3-5-19-16(15)20-11-21-17)14-7-12-9-23(6-2-4-18)10-13(12)8-14/h2-3,5-6,11-14H,7-10H2,1H3,(H,19,20,21)/t12-,13+,14-. The third-order valence-corrected chi connectivity index (χ3v) is 5.33. The van der Waals surface area contributed by atoms with Crippen LogP contribution in [0.15, 0.2) is 30.9 Å². The number of likely N-dealkylation sites (tertiary alicyclic amines) is 1. The van der Waals surface area contributed by atoms with Crippen molar-refractivity contribution in [2.24, 2.45) is 11.8 Å². The number of aromatic amines is 1. The maximum Gasteiger partial charge on any atom is 0.142 e. The molecule has 6 nitrogen and oxygen atoms in total. The Kier molecular flexibility index (Phi) is 3.41. The van der Waals surface area contributed by atoms with Gasteiger partial charge < -0.3 is 14.8 Å². The zero-order chi connectivity index (χ0) is 15.8. The van der Waals surface area contributed by atoms with E-state index in [2.05, 4.69) is 37.9 Å². The summed E-state index contributed by atoms with van der Waals surface area (Å²) in [4.78, 5) is 16.5. The molecule has 3 heterocycles. The topological polar surface area (TPSA) is 71.8 Å². The van der Waals surface area contributed by atoms with E-state index in [1.807, 2.05) is 18.5 Å². The molecule has 0 spiro atoms. The largest absolute Gasteiger partial charge is 0.376 e. The highest BCUT2D eigenvalue weighted by Crippen LogP contribution is 2.41. The number of anilines is 1. The average Bonchev–Trinajstić information content (AvgIpc) is 3.25. The van der Waals surface area contributed by atoms with Crippen LogP contribution in [0.3, 0.4) is 0 Å². The van der Waals surface area contributed by atoms with Gasteiger partial charge >= 0.3 is 0 Å². The van der Waals surface area contributed by atoms with Gasteiger partial charge in [-0.15, -0.1) is 0 Å². The lowest BCUT2D eigenvalue weighted by Gasteiger charge is -2.27. The van der Waals surface area contributed by atoms with Crippen molar-refractivity contribution in [3.63, 3.8) is 0 Å². The average molecular weight is 308 g/mol. The first-order valence-electron chi connectivity index (χ1n) is 8.07. The molecule has 2 fully saturated rings. The minimum absolute atomic E-state index is 0.528. The Balaban J connectivity index is 1.48. The highest BCUT2D eigenvalue weighted by Gasteiger charge is 2.41. The molecule has 2 aromatic heterocycles. The Morgan fingerprint density at radius 2 is 2.13 bits per heavy atom. The van der Waals surface area contributed by atoms with Crippen LogP contribution in [0.4, 0.5) is 5.82 Å². The molecule has 4 rings (SSSR count). The normalized spacial score (nSPS) is 26.8. The number of nitrogens with one attached hydrogen (secondary N) is 1. The molecule has 1 saturated heterocycles. The van der Waals surface area contributed by atoms with Gasteiger partial charge in [-0.1, -0.05) is 0 Å². The second-order valence-electron chi connectivity index (χ2n) is 6.59. The molecule has 0 amide bonds. The first-order valence-corrected chi connectivity index (χ1v) is 8.07. The van der Waals surface area contributed by atoms with Crippen LogP contribution in [-0.4, -0.2) is 46.0 Å². The quantitative estimate of drug-likeness (QED) is 0.880. The zero-order valence-corrected chi connectivity index (χ0v) is 13.2. The smallest absolute Gasteiger partial charge is 0.142 e. The van der Waals surface area contributed by atoms with Gasteiger partial charge in [-0.2, -0.15) is 5.26 Å². The number of fused-ring (bicyclic) bond motifs is 2. The van der Waals surface area contributed by atoms with Crippen molar-refractivity contribution < 1.29 is 0 Å². The van der Waals surface area contributed by atoms with Crippen LogP contribution >= 0.6 is 0 Å².